The summed E-state index contributed by atoms with van der Waals surface area (Å²) in [5, 5.41) is 0.137. The molecule has 0 bridgehead atoms. The maximum absolute atomic E-state index is 13.6. The van der Waals surface area contributed by atoms with Crippen LogP contribution in [0.5, 0.6) is 0 Å². The van der Waals surface area contributed by atoms with Crippen molar-refractivity contribution >= 4 is 11.6 Å². The molecule has 2 aromatic carbocycles. The number of benzene rings is 2. The monoisotopic (exact) mass is 306 g/mol. The first-order valence-corrected chi connectivity index (χ1v) is 7.28. The molecule has 3 N–H and O–H groups in total. The Morgan fingerprint density at radius 3 is 2.43 bits per heavy atom. The fourth-order valence-corrected chi connectivity index (χ4v) is 2.61. The summed E-state index contributed by atoms with van der Waals surface area (Å²) in [6.45, 7) is 4.25. The van der Waals surface area contributed by atoms with Crippen molar-refractivity contribution in [3.05, 3.63) is 70.5 Å². The van der Waals surface area contributed by atoms with Gasteiger partial charge in [0.15, 0.2) is 0 Å². The van der Waals surface area contributed by atoms with Crippen LogP contribution < -0.4 is 11.3 Å². The van der Waals surface area contributed by atoms with E-state index in [4.69, 9.17) is 17.4 Å². The minimum Gasteiger partial charge on any atom is -0.271 e. The van der Waals surface area contributed by atoms with Crippen LogP contribution in [0, 0.1) is 5.82 Å². The van der Waals surface area contributed by atoms with Crippen molar-refractivity contribution in [2.75, 3.05) is 0 Å². The Morgan fingerprint density at radius 2 is 1.86 bits per heavy atom. The highest BCUT2D eigenvalue weighted by Crippen LogP contribution is 2.29. The van der Waals surface area contributed by atoms with Gasteiger partial charge < -0.3 is 0 Å². The van der Waals surface area contributed by atoms with Crippen LogP contribution in [0.1, 0.15) is 25.0 Å². The lowest BCUT2D eigenvalue weighted by molar-refractivity contribution is 0.341. The van der Waals surface area contributed by atoms with E-state index in [2.05, 4.69) is 31.4 Å². The first-order chi connectivity index (χ1) is 9.95. The van der Waals surface area contributed by atoms with E-state index in [0.29, 0.717) is 6.42 Å². The fraction of sp³-hybridized carbons (Fsp3) is 0.294. The van der Waals surface area contributed by atoms with Gasteiger partial charge in [-0.3, -0.25) is 11.3 Å². The average Bonchev–Trinajstić information content (AvgIpc) is 2.49. The van der Waals surface area contributed by atoms with Gasteiger partial charge in [0.1, 0.15) is 5.82 Å². The summed E-state index contributed by atoms with van der Waals surface area (Å²) < 4.78 is 13.6. The third-order valence-electron chi connectivity index (χ3n) is 4.01. The first-order valence-electron chi connectivity index (χ1n) is 6.90. The van der Waals surface area contributed by atoms with E-state index in [1.165, 1.54) is 11.6 Å². The average molecular weight is 307 g/mol. The first kappa shape index (κ1) is 16.0. The van der Waals surface area contributed by atoms with Gasteiger partial charge in [-0.25, -0.2) is 4.39 Å². The molecule has 0 aromatic heterocycles. The van der Waals surface area contributed by atoms with Gasteiger partial charge in [0.2, 0.25) is 0 Å². The molecule has 2 aromatic rings. The summed E-state index contributed by atoms with van der Waals surface area (Å²) in [7, 11) is 0. The Balaban J connectivity index is 2.25. The molecule has 0 fully saturated rings. The van der Waals surface area contributed by atoms with Crippen molar-refractivity contribution in [2.45, 2.75) is 31.7 Å². The molecule has 1 atom stereocenters. The van der Waals surface area contributed by atoms with Gasteiger partial charge in [0.05, 0.1) is 5.02 Å². The molecule has 2 rings (SSSR count). The number of hydrogen-bond acceptors (Lipinski definition) is 2. The quantitative estimate of drug-likeness (QED) is 0.651. The molecule has 0 spiro atoms. The van der Waals surface area contributed by atoms with Crippen LogP contribution in [0.4, 0.5) is 4.39 Å². The maximum atomic E-state index is 13.6. The van der Waals surface area contributed by atoms with Crippen LogP contribution in [0.3, 0.4) is 0 Å². The second-order valence-corrected chi connectivity index (χ2v) is 6.17. The largest absolute Gasteiger partial charge is 0.271 e. The molecule has 0 heterocycles. The van der Waals surface area contributed by atoms with E-state index in [1.54, 1.807) is 6.07 Å². The third-order valence-corrected chi connectivity index (χ3v) is 4.32. The Labute approximate surface area is 130 Å². The van der Waals surface area contributed by atoms with Crippen molar-refractivity contribution in [2.24, 2.45) is 5.84 Å². The molecule has 4 heteroatoms. The lowest BCUT2D eigenvalue weighted by Crippen LogP contribution is -2.49. The van der Waals surface area contributed by atoms with Gasteiger partial charge in [-0.1, -0.05) is 61.8 Å². The predicted molar refractivity (Wildman–Crippen MR) is 85.7 cm³/mol. The molecular formula is C17H20ClFN2. The SMILES string of the molecule is CC(C)(c1ccccc1)C(Cc1ccc(Cl)c(F)c1)NN. The van der Waals surface area contributed by atoms with Gasteiger partial charge in [-0.15, -0.1) is 0 Å². The zero-order valence-electron chi connectivity index (χ0n) is 12.2. The molecule has 0 aliphatic rings. The summed E-state index contributed by atoms with van der Waals surface area (Å²) in [5.41, 5.74) is 4.73. The topological polar surface area (TPSA) is 38.0 Å². The lowest BCUT2D eigenvalue weighted by atomic mass is 9.76. The fourth-order valence-electron chi connectivity index (χ4n) is 2.49. The van der Waals surface area contributed by atoms with Crippen molar-refractivity contribution in [1.82, 2.24) is 5.43 Å². The number of nitrogens with one attached hydrogen (secondary N) is 1. The van der Waals surface area contributed by atoms with E-state index < -0.39 is 5.82 Å². The molecule has 0 aliphatic carbocycles. The van der Waals surface area contributed by atoms with Crippen LogP contribution in [0.2, 0.25) is 5.02 Å². The van der Waals surface area contributed by atoms with Crippen molar-refractivity contribution < 1.29 is 4.39 Å². The second kappa shape index (κ2) is 6.56. The van der Waals surface area contributed by atoms with Crippen molar-refractivity contribution in [1.29, 1.82) is 0 Å². The minimum atomic E-state index is -0.401. The summed E-state index contributed by atoms with van der Waals surface area (Å²) in [6.07, 6.45) is 0.618. The normalized spacial score (nSPS) is 13.2. The Kier molecular flexibility index (Phi) is 4.99. The highest BCUT2D eigenvalue weighted by atomic mass is 35.5. The zero-order valence-corrected chi connectivity index (χ0v) is 13.0. The van der Waals surface area contributed by atoms with E-state index in [0.717, 1.165) is 5.56 Å². The Bertz CT molecular complexity index is 599. The highest BCUT2D eigenvalue weighted by Gasteiger charge is 2.30. The lowest BCUT2D eigenvalue weighted by Gasteiger charge is -2.34. The number of halogens is 2. The summed E-state index contributed by atoms with van der Waals surface area (Å²) in [5.74, 6) is 5.34. The van der Waals surface area contributed by atoms with E-state index in [9.17, 15) is 4.39 Å². The van der Waals surface area contributed by atoms with Crippen molar-refractivity contribution in [3.63, 3.8) is 0 Å². The molecule has 0 saturated carbocycles. The van der Waals surface area contributed by atoms with Gasteiger partial charge in [-0.05, 0) is 29.7 Å². The molecule has 0 saturated heterocycles. The minimum absolute atomic E-state index is 0.0273. The maximum Gasteiger partial charge on any atom is 0.142 e. The molecule has 112 valence electrons. The zero-order chi connectivity index (χ0) is 15.5. The van der Waals surface area contributed by atoms with Crippen LogP contribution in [-0.4, -0.2) is 6.04 Å². The summed E-state index contributed by atoms with van der Waals surface area (Å²) >= 11 is 5.72. The van der Waals surface area contributed by atoms with E-state index in [-0.39, 0.29) is 16.5 Å². The standard InChI is InChI=1S/C17H20ClFN2/c1-17(2,13-6-4-3-5-7-13)16(21-20)11-12-8-9-14(18)15(19)10-12/h3-10,16,21H,11,20H2,1-2H3. The third kappa shape index (κ3) is 3.62. The molecule has 2 nitrogen and oxygen atoms in total. The van der Waals surface area contributed by atoms with Gasteiger partial charge in [0.25, 0.3) is 0 Å². The van der Waals surface area contributed by atoms with Crippen LogP contribution in [-0.2, 0) is 11.8 Å². The molecule has 1 unspecified atom stereocenters. The Morgan fingerprint density at radius 1 is 1.19 bits per heavy atom. The molecule has 21 heavy (non-hydrogen) atoms. The van der Waals surface area contributed by atoms with E-state index in [1.807, 2.05) is 24.3 Å². The number of nitrogens with two attached hydrogens (primary N) is 1. The Hall–Kier alpha value is -1.42. The molecule has 0 amide bonds. The van der Waals surface area contributed by atoms with Gasteiger partial charge in [-0.2, -0.15) is 0 Å². The summed E-state index contributed by atoms with van der Waals surface area (Å²) in [6, 6.07) is 15.0. The smallest absolute Gasteiger partial charge is 0.142 e. The number of hydrazine groups is 1. The molecule has 0 radical (unpaired) electrons. The molecular weight excluding hydrogens is 287 g/mol. The number of rotatable bonds is 5. The van der Waals surface area contributed by atoms with Crippen molar-refractivity contribution in [3.8, 4) is 0 Å². The number of hydrogen-bond donors (Lipinski definition) is 2. The molecule has 0 aliphatic heterocycles. The van der Waals surface area contributed by atoms with Crippen LogP contribution in [0.25, 0.3) is 0 Å². The van der Waals surface area contributed by atoms with Gasteiger partial charge >= 0.3 is 0 Å². The summed E-state index contributed by atoms with van der Waals surface area (Å²) in [4.78, 5) is 0. The second-order valence-electron chi connectivity index (χ2n) is 5.76. The van der Waals surface area contributed by atoms with Gasteiger partial charge in [0, 0.05) is 11.5 Å². The predicted octanol–water partition coefficient (Wildman–Crippen LogP) is 3.83. The van der Waals surface area contributed by atoms with Crippen LogP contribution in [0.15, 0.2) is 48.5 Å². The van der Waals surface area contributed by atoms with Crippen LogP contribution >= 0.6 is 11.6 Å². The highest BCUT2D eigenvalue weighted by molar-refractivity contribution is 6.30. The van der Waals surface area contributed by atoms with E-state index >= 15 is 0 Å².